The van der Waals surface area contributed by atoms with Gasteiger partial charge in [0.05, 0.1) is 11.5 Å². The van der Waals surface area contributed by atoms with Gasteiger partial charge in [-0.05, 0) is 6.92 Å². The van der Waals surface area contributed by atoms with Crippen LogP contribution in [0.5, 0.6) is 0 Å². The zero-order valence-electron chi connectivity index (χ0n) is 7.98. The molecule has 6 heteroatoms. The van der Waals surface area contributed by atoms with Crippen molar-refractivity contribution < 1.29 is 9.32 Å². The third-order valence-electron chi connectivity index (χ3n) is 1.59. The number of likely N-dealkylation sites (N-methyl/N-ethyl adjacent to an activating group) is 1. The molecule has 0 saturated carbocycles. The van der Waals surface area contributed by atoms with E-state index in [1.165, 1.54) is 4.90 Å². The molecule has 0 aliphatic carbocycles. The highest BCUT2D eigenvalue weighted by Crippen LogP contribution is 2.04. The minimum Gasteiger partial charge on any atom is -0.392 e. The molecule has 0 unspecified atom stereocenters. The minimum atomic E-state index is -0.255. The number of hydrogen-bond acceptors (Lipinski definition) is 4. The molecule has 5 nitrogen and oxygen atoms in total. The van der Waals surface area contributed by atoms with Crippen molar-refractivity contribution in [1.82, 2.24) is 10.1 Å². The molecule has 1 aromatic heterocycles. The molecule has 1 heterocycles. The first kappa shape index (κ1) is 10.6. The summed E-state index contributed by atoms with van der Waals surface area (Å²) in [6.45, 7) is 1.96. The third-order valence-corrected chi connectivity index (χ3v) is 1.72. The molecule has 0 aliphatic rings. The second-order valence-corrected chi connectivity index (χ2v) is 3.47. The van der Waals surface area contributed by atoms with Crippen LogP contribution in [0.4, 0.5) is 0 Å². The predicted molar refractivity (Wildman–Crippen MR) is 55.0 cm³/mol. The highest BCUT2D eigenvalue weighted by atomic mass is 32.1. The van der Waals surface area contributed by atoms with Crippen LogP contribution >= 0.6 is 12.2 Å². The monoisotopic (exact) mass is 213 g/mol. The lowest BCUT2D eigenvalue weighted by molar-refractivity contribution is 0.0805. The van der Waals surface area contributed by atoms with Crippen LogP contribution < -0.4 is 5.73 Å². The summed E-state index contributed by atoms with van der Waals surface area (Å²) in [6, 6.07) is 1.57. The molecular formula is C8H11N3O2S. The molecule has 0 atom stereocenters. The summed E-state index contributed by atoms with van der Waals surface area (Å²) in [5.74, 6) is 0.340. The van der Waals surface area contributed by atoms with E-state index < -0.39 is 0 Å². The SMILES string of the molecule is Cc1cc(C(=O)N(C)CC(N)=S)no1. The molecular weight excluding hydrogens is 202 g/mol. The van der Waals surface area contributed by atoms with Crippen molar-refractivity contribution in [2.75, 3.05) is 13.6 Å². The van der Waals surface area contributed by atoms with Gasteiger partial charge in [0.15, 0.2) is 5.69 Å². The molecule has 0 aromatic carbocycles. The lowest BCUT2D eigenvalue weighted by atomic mass is 10.3. The lowest BCUT2D eigenvalue weighted by Crippen LogP contribution is -2.34. The van der Waals surface area contributed by atoms with Crippen LogP contribution in [-0.2, 0) is 0 Å². The Morgan fingerprint density at radius 1 is 1.79 bits per heavy atom. The van der Waals surface area contributed by atoms with Gasteiger partial charge >= 0.3 is 0 Å². The van der Waals surface area contributed by atoms with E-state index >= 15 is 0 Å². The Bertz CT molecular complexity index is 361. The van der Waals surface area contributed by atoms with E-state index in [-0.39, 0.29) is 23.1 Å². The van der Waals surface area contributed by atoms with E-state index in [9.17, 15) is 4.79 Å². The normalized spacial score (nSPS) is 9.86. The Hall–Kier alpha value is -1.43. The number of amides is 1. The fourth-order valence-corrected chi connectivity index (χ4v) is 1.16. The average molecular weight is 213 g/mol. The van der Waals surface area contributed by atoms with Crippen LogP contribution in [0.1, 0.15) is 16.2 Å². The van der Waals surface area contributed by atoms with Gasteiger partial charge in [0.25, 0.3) is 5.91 Å². The van der Waals surface area contributed by atoms with Crippen LogP contribution in [0.25, 0.3) is 0 Å². The number of hydrogen-bond donors (Lipinski definition) is 1. The summed E-state index contributed by atoms with van der Waals surface area (Å²) in [4.78, 5) is 13.2. The van der Waals surface area contributed by atoms with Crippen molar-refractivity contribution >= 4 is 23.1 Å². The highest BCUT2D eigenvalue weighted by molar-refractivity contribution is 7.80. The fraction of sp³-hybridized carbons (Fsp3) is 0.375. The third kappa shape index (κ3) is 2.53. The van der Waals surface area contributed by atoms with E-state index in [0.29, 0.717) is 5.76 Å². The highest BCUT2D eigenvalue weighted by Gasteiger charge is 2.15. The maximum atomic E-state index is 11.6. The van der Waals surface area contributed by atoms with Crippen molar-refractivity contribution in [3.05, 3.63) is 17.5 Å². The Morgan fingerprint density at radius 2 is 2.43 bits per heavy atom. The maximum absolute atomic E-state index is 11.6. The van der Waals surface area contributed by atoms with Crippen LogP contribution in [0, 0.1) is 6.92 Å². The van der Waals surface area contributed by atoms with E-state index in [1.807, 2.05) is 0 Å². The smallest absolute Gasteiger partial charge is 0.276 e. The Labute approximate surface area is 86.8 Å². The fourth-order valence-electron chi connectivity index (χ4n) is 0.968. The molecule has 0 aliphatic heterocycles. The number of aromatic nitrogens is 1. The second kappa shape index (κ2) is 4.19. The number of rotatable bonds is 3. The number of thiocarbonyl (C=S) groups is 1. The van der Waals surface area contributed by atoms with Crippen molar-refractivity contribution in [3.8, 4) is 0 Å². The molecule has 14 heavy (non-hydrogen) atoms. The van der Waals surface area contributed by atoms with Crippen LogP contribution in [0.2, 0.25) is 0 Å². The van der Waals surface area contributed by atoms with Gasteiger partial charge in [0, 0.05) is 13.1 Å². The summed E-state index contributed by atoms with van der Waals surface area (Å²) in [7, 11) is 1.60. The number of aryl methyl sites for hydroxylation is 1. The standard InChI is InChI=1S/C8H11N3O2S/c1-5-3-6(10-13-5)8(12)11(2)4-7(9)14/h3H,4H2,1-2H3,(H2,9,14). The largest absolute Gasteiger partial charge is 0.392 e. The number of carbonyl (C=O) groups is 1. The van der Waals surface area contributed by atoms with E-state index in [2.05, 4.69) is 17.4 Å². The summed E-state index contributed by atoms with van der Waals surface area (Å²) in [6.07, 6.45) is 0. The van der Waals surface area contributed by atoms with Gasteiger partial charge in [-0.2, -0.15) is 0 Å². The van der Waals surface area contributed by atoms with Crippen molar-refractivity contribution in [3.63, 3.8) is 0 Å². The first-order valence-corrected chi connectivity index (χ1v) is 4.38. The zero-order valence-corrected chi connectivity index (χ0v) is 8.80. The van der Waals surface area contributed by atoms with Crippen LogP contribution in [-0.4, -0.2) is 34.5 Å². The van der Waals surface area contributed by atoms with Crippen LogP contribution in [0.3, 0.4) is 0 Å². The second-order valence-electron chi connectivity index (χ2n) is 2.95. The molecule has 0 bridgehead atoms. The number of carbonyl (C=O) groups excluding carboxylic acids is 1. The van der Waals surface area contributed by atoms with Crippen LogP contribution in [0.15, 0.2) is 10.6 Å². The van der Waals surface area contributed by atoms with Crippen molar-refractivity contribution in [2.45, 2.75) is 6.92 Å². The molecule has 0 fully saturated rings. The predicted octanol–water partition coefficient (Wildman–Crippen LogP) is 0.341. The van der Waals surface area contributed by atoms with Crippen molar-refractivity contribution in [2.24, 2.45) is 5.73 Å². The van der Waals surface area contributed by atoms with E-state index in [1.54, 1.807) is 20.0 Å². The van der Waals surface area contributed by atoms with Gasteiger partial charge in [-0.1, -0.05) is 17.4 Å². The molecule has 0 saturated heterocycles. The van der Waals surface area contributed by atoms with E-state index in [0.717, 1.165) is 0 Å². The first-order chi connectivity index (χ1) is 6.50. The summed E-state index contributed by atoms with van der Waals surface area (Å²) in [5.41, 5.74) is 5.57. The van der Waals surface area contributed by atoms with Gasteiger partial charge in [0.2, 0.25) is 0 Å². The molecule has 2 N–H and O–H groups in total. The summed E-state index contributed by atoms with van der Waals surface area (Å²) >= 11 is 4.69. The first-order valence-electron chi connectivity index (χ1n) is 3.98. The molecule has 0 spiro atoms. The quantitative estimate of drug-likeness (QED) is 0.733. The average Bonchev–Trinajstić information content (AvgIpc) is 2.49. The van der Waals surface area contributed by atoms with Gasteiger partial charge in [0.1, 0.15) is 5.76 Å². The number of nitrogens with zero attached hydrogens (tertiary/aromatic N) is 2. The van der Waals surface area contributed by atoms with E-state index in [4.69, 9.17) is 10.3 Å². The molecule has 1 aromatic rings. The Morgan fingerprint density at radius 3 is 2.86 bits per heavy atom. The zero-order chi connectivity index (χ0) is 10.7. The Kier molecular flexibility index (Phi) is 3.19. The molecule has 1 amide bonds. The topological polar surface area (TPSA) is 72.4 Å². The molecule has 1 rings (SSSR count). The molecule has 0 radical (unpaired) electrons. The summed E-state index contributed by atoms with van der Waals surface area (Å²) in [5, 5.41) is 3.59. The maximum Gasteiger partial charge on any atom is 0.276 e. The van der Waals surface area contributed by atoms with Gasteiger partial charge in [-0.15, -0.1) is 0 Å². The van der Waals surface area contributed by atoms with Crippen molar-refractivity contribution in [1.29, 1.82) is 0 Å². The van der Waals surface area contributed by atoms with Gasteiger partial charge < -0.3 is 15.2 Å². The lowest BCUT2D eigenvalue weighted by Gasteiger charge is -2.13. The number of nitrogens with two attached hydrogens (primary N) is 1. The minimum absolute atomic E-state index is 0.236. The summed E-state index contributed by atoms with van der Waals surface area (Å²) < 4.78 is 4.78. The van der Waals surface area contributed by atoms with Gasteiger partial charge in [-0.3, -0.25) is 4.79 Å². The Balaban J connectivity index is 2.70. The van der Waals surface area contributed by atoms with Gasteiger partial charge in [-0.25, -0.2) is 0 Å². The molecule has 76 valence electrons.